The van der Waals surface area contributed by atoms with Crippen molar-refractivity contribution >= 4 is 6.09 Å². The van der Waals surface area contributed by atoms with E-state index in [1.54, 1.807) is 0 Å². The average Bonchev–Trinajstić information content (AvgIpc) is 3.15. The van der Waals surface area contributed by atoms with Crippen molar-refractivity contribution in [1.82, 2.24) is 10.2 Å². The van der Waals surface area contributed by atoms with Crippen molar-refractivity contribution in [1.29, 1.82) is 0 Å². The zero-order valence-electron chi connectivity index (χ0n) is 12.9. The Bertz CT molecular complexity index is 348. The van der Waals surface area contributed by atoms with Gasteiger partial charge in [0.25, 0.3) is 0 Å². The van der Waals surface area contributed by atoms with Crippen molar-refractivity contribution in [3.63, 3.8) is 0 Å². The third-order valence-corrected chi connectivity index (χ3v) is 4.12. The summed E-state index contributed by atoms with van der Waals surface area (Å²) < 4.78 is 5.49. The number of amides is 1. The number of likely N-dealkylation sites (tertiary alicyclic amines) is 1. The highest BCUT2D eigenvalue weighted by atomic mass is 16.6. The Balaban J connectivity index is 1.89. The number of carbonyl (C=O) groups is 1. The van der Waals surface area contributed by atoms with Crippen LogP contribution in [0.15, 0.2) is 0 Å². The monoisotopic (exact) mass is 284 g/mol. The fraction of sp³-hybridized carbons (Fsp3) is 0.933. The number of aliphatic hydroxyl groups is 1. The molecule has 20 heavy (non-hydrogen) atoms. The minimum absolute atomic E-state index is 0.0724. The van der Waals surface area contributed by atoms with E-state index in [4.69, 9.17) is 4.74 Å². The number of carbonyl (C=O) groups excluding carboxylic acids is 1. The molecule has 2 rings (SSSR count). The van der Waals surface area contributed by atoms with Gasteiger partial charge >= 0.3 is 6.09 Å². The van der Waals surface area contributed by atoms with Crippen LogP contribution in [0.25, 0.3) is 0 Å². The van der Waals surface area contributed by atoms with E-state index in [0.29, 0.717) is 0 Å². The minimum Gasteiger partial charge on any atom is -0.444 e. The van der Waals surface area contributed by atoms with Gasteiger partial charge in [-0.2, -0.15) is 0 Å². The molecular formula is C15H28N2O3. The van der Waals surface area contributed by atoms with Gasteiger partial charge in [0.05, 0.1) is 6.61 Å². The van der Waals surface area contributed by atoms with Crippen LogP contribution in [0, 0.1) is 0 Å². The van der Waals surface area contributed by atoms with Crippen molar-refractivity contribution in [2.75, 3.05) is 19.7 Å². The van der Waals surface area contributed by atoms with E-state index in [-0.39, 0.29) is 24.3 Å². The number of hydrogen-bond acceptors (Lipinski definition) is 4. The molecule has 1 saturated heterocycles. The summed E-state index contributed by atoms with van der Waals surface area (Å²) in [4.78, 5) is 14.1. The van der Waals surface area contributed by atoms with Crippen LogP contribution in [0.1, 0.15) is 52.9 Å². The molecule has 5 nitrogen and oxygen atoms in total. The van der Waals surface area contributed by atoms with Gasteiger partial charge in [0.15, 0.2) is 0 Å². The average molecular weight is 284 g/mol. The van der Waals surface area contributed by atoms with Crippen LogP contribution in [0.3, 0.4) is 0 Å². The van der Waals surface area contributed by atoms with Gasteiger partial charge in [0, 0.05) is 24.7 Å². The molecule has 2 N–H and O–H groups in total. The lowest BCUT2D eigenvalue weighted by molar-refractivity contribution is 0.00929. The van der Waals surface area contributed by atoms with E-state index in [0.717, 1.165) is 45.2 Å². The number of nitrogens with zero attached hydrogens (tertiary/aromatic N) is 1. The van der Waals surface area contributed by atoms with Crippen molar-refractivity contribution in [3.8, 4) is 0 Å². The topological polar surface area (TPSA) is 61.8 Å². The smallest absolute Gasteiger partial charge is 0.410 e. The third-order valence-electron chi connectivity index (χ3n) is 4.12. The van der Waals surface area contributed by atoms with E-state index in [1.807, 2.05) is 25.7 Å². The molecule has 1 saturated carbocycles. The van der Waals surface area contributed by atoms with Gasteiger partial charge in [0.2, 0.25) is 0 Å². The Labute approximate surface area is 121 Å². The molecule has 1 heterocycles. The number of rotatable bonds is 4. The van der Waals surface area contributed by atoms with Gasteiger partial charge in [-0.05, 0) is 52.9 Å². The lowest BCUT2D eigenvalue weighted by atomic mass is 10.0. The van der Waals surface area contributed by atoms with Crippen molar-refractivity contribution in [2.24, 2.45) is 0 Å². The summed E-state index contributed by atoms with van der Waals surface area (Å²) in [5.41, 5.74) is -0.521. The fourth-order valence-corrected chi connectivity index (χ4v) is 2.65. The molecule has 1 aliphatic heterocycles. The molecule has 1 atom stereocenters. The van der Waals surface area contributed by atoms with E-state index in [2.05, 4.69) is 5.32 Å². The van der Waals surface area contributed by atoms with Gasteiger partial charge in [-0.15, -0.1) is 0 Å². The Hall–Kier alpha value is -0.810. The first kappa shape index (κ1) is 15.6. The number of nitrogens with one attached hydrogen (secondary N) is 1. The van der Waals surface area contributed by atoms with E-state index in [9.17, 15) is 9.90 Å². The van der Waals surface area contributed by atoms with E-state index >= 15 is 0 Å². The first-order valence-electron chi connectivity index (χ1n) is 7.71. The largest absolute Gasteiger partial charge is 0.444 e. The summed E-state index contributed by atoms with van der Waals surface area (Å²) in [7, 11) is 0. The van der Waals surface area contributed by atoms with Crippen molar-refractivity contribution in [2.45, 2.75) is 70.1 Å². The van der Waals surface area contributed by atoms with Crippen molar-refractivity contribution in [3.05, 3.63) is 0 Å². The molecule has 2 aliphatic rings. The highest BCUT2D eigenvalue weighted by Crippen LogP contribution is 2.34. The third kappa shape index (κ3) is 4.09. The Morgan fingerprint density at radius 2 is 2.10 bits per heavy atom. The summed E-state index contributed by atoms with van der Waals surface area (Å²) in [6.45, 7) is 7.40. The summed E-state index contributed by atoms with van der Waals surface area (Å²) in [5.74, 6) is 0. The van der Waals surface area contributed by atoms with Crippen molar-refractivity contribution < 1.29 is 14.6 Å². The lowest BCUT2D eigenvalue weighted by Gasteiger charge is -2.37. The zero-order chi connectivity index (χ0) is 14.8. The molecule has 1 unspecified atom stereocenters. The predicted octanol–water partition coefficient (Wildman–Crippen LogP) is 1.89. The van der Waals surface area contributed by atoms with Crippen LogP contribution in [-0.2, 0) is 4.74 Å². The number of aliphatic hydroxyl groups excluding tert-OH is 1. The number of piperidine rings is 1. The Morgan fingerprint density at radius 3 is 2.65 bits per heavy atom. The van der Waals surface area contributed by atoms with E-state index in [1.165, 1.54) is 0 Å². The van der Waals surface area contributed by atoms with Gasteiger partial charge in [0.1, 0.15) is 5.60 Å². The lowest BCUT2D eigenvalue weighted by Crippen LogP contribution is -2.52. The predicted molar refractivity (Wildman–Crippen MR) is 77.6 cm³/mol. The molecule has 0 aromatic heterocycles. The molecular weight excluding hydrogens is 256 g/mol. The van der Waals surface area contributed by atoms with Gasteiger partial charge in [-0.3, -0.25) is 0 Å². The first-order valence-corrected chi connectivity index (χ1v) is 7.71. The minimum atomic E-state index is -0.449. The normalized spacial score (nSPS) is 25.4. The maximum Gasteiger partial charge on any atom is 0.410 e. The van der Waals surface area contributed by atoms with Crippen LogP contribution < -0.4 is 5.32 Å². The molecule has 2 fully saturated rings. The maximum absolute atomic E-state index is 12.3. The van der Waals surface area contributed by atoms with E-state index < -0.39 is 5.60 Å². The molecule has 0 aromatic carbocycles. The van der Waals surface area contributed by atoms with Gasteiger partial charge in [-0.25, -0.2) is 4.79 Å². The zero-order valence-corrected chi connectivity index (χ0v) is 12.9. The van der Waals surface area contributed by atoms with Gasteiger partial charge < -0.3 is 20.1 Å². The second-order valence-electron chi connectivity index (χ2n) is 7.14. The van der Waals surface area contributed by atoms with Gasteiger partial charge in [-0.1, -0.05) is 0 Å². The summed E-state index contributed by atoms with van der Waals surface area (Å²) in [6, 6.07) is 0.183. The highest BCUT2D eigenvalue weighted by molar-refractivity contribution is 5.68. The van der Waals surface area contributed by atoms with Crippen LogP contribution in [0.5, 0.6) is 0 Å². The quantitative estimate of drug-likeness (QED) is 0.827. The fourth-order valence-electron chi connectivity index (χ4n) is 2.65. The summed E-state index contributed by atoms with van der Waals surface area (Å²) in [6.07, 6.45) is 5.05. The Kier molecular flexibility index (Phi) is 4.59. The second-order valence-corrected chi connectivity index (χ2v) is 7.14. The van der Waals surface area contributed by atoms with Crippen LogP contribution in [0.2, 0.25) is 0 Å². The summed E-state index contributed by atoms with van der Waals surface area (Å²) in [5, 5.41) is 12.8. The number of hydrogen-bond donors (Lipinski definition) is 2. The highest BCUT2D eigenvalue weighted by Gasteiger charge is 2.42. The molecule has 0 radical (unpaired) electrons. The molecule has 0 spiro atoms. The standard InChI is InChI=1S/C15H28N2O3/c1-14(2,3)20-13(19)17-9-5-4-6-12(17)10-16-15(11-18)7-8-15/h12,16,18H,4-11H2,1-3H3. The SMILES string of the molecule is CC(C)(C)OC(=O)N1CCCCC1CNC1(CO)CC1. The maximum atomic E-state index is 12.3. The van der Waals surface area contributed by atoms with Crippen LogP contribution in [-0.4, -0.2) is 53.0 Å². The Morgan fingerprint density at radius 1 is 1.40 bits per heavy atom. The van der Waals surface area contributed by atoms with Crippen LogP contribution in [0.4, 0.5) is 4.79 Å². The molecule has 116 valence electrons. The summed E-state index contributed by atoms with van der Waals surface area (Å²) >= 11 is 0. The second kappa shape index (κ2) is 5.90. The molecule has 0 aromatic rings. The van der Waals surface area contributed by atoms with Crippen LogP contribution >= 0.6 is 0 Å². The molecule has 0 bridgehead atoms. The first-order chi connectivity index (χ1) is 9.35. The molecule has 1 aliphatic carbocycles. The number of ether oxygens (including phenoxy) is 1. The molecule has 5 heteroatoms. The molecule has 1 amide bonds.